The summed E-state index contributed by atoms with van der Waals surface area (Å²) in [6.07, 6.45) is 10.1. The number of benzene rings is 2. The number of methoxy groups -OCH3 is 1. The molecule has 23 heavy (non-hydrogen) atoms. The van der Waals surface area contributed by atoms with Crippen molar-refractivity contribution in [3.05, 3.63) is 77.4 Å². The lowest BCUT2D eigenvalue weighted by atomic mass is 10.1. The summed E-state index contributed by atoms with van der Waals surface area (Å²) in [5, 5.41) is 0. The van der Waals surface area contributed by atoms with Gasteiger partial charge in [0.1, 0.15) is 5.75 Å². The molecule has 0 aliphatic rings. The molecule has 0 N–H and O–H groups in total. The molecule has 116 valence electrons. The Labute approximate surface area is 139 Å². The third kappa shape index (κ3) is 5.88. The SMILES string of the molecule is CCCc1ccc(C=CC#CC=Cc2ccc(OC)cc2)cc1. The first-order chi connectivity index (χ1) is 11.3. The molecule has 0 aromatic heterocycles. The third-order valence-corrected chi connectivity index (χ3v) is 3.44. The van der Waals surface area contributed by atoms with Gasteiger partial charge in [-0.1, -0.05) is 61.6 Å². The van der Waals surface area contributed by atoms with Crippen molar-refractivity contribution in [1.82, 2.24) is 0 Å². The molecule has 0 saturated heterocycles. The maximum Gasteiger partial charge on any atom is 0.118 e. The van der Waals surface area contributed by atoms with Crippen LogP contribution in [0.25, 0.3) is 12.2 Å². The molecule has 2 aromatic carbocycles. The van der Waals surface area contributed by atoms with Crippen LogP contribution in [0, 0.1) is 11.8 Å². The van der Waals surface area contributed by atoms with Crippen LogP contribution in [-0.2, 0) is 6.42 Å². The Bertz CT molecular complexity index is 707. The van der Waals surface area contributed by atoms with Gasteiger partial charge in [0.15, 0.2) is 0 Å². The number of hydrogen-bond acceptors (Lipinski definition) is 1. The molecule has 0 aliphatic heterocycles. The highest BCUT2D eigenvalue weighted by Crippen LogP contribution is 2.12. The first-order valence-electron chi connectivity index (χ1n) is 7.89. The van der Waals surface area contributed by atoms with Crippen LogP contribution in [0.2, 0.25) is 0 Å². The molecular weight excluding hydrogens is 280 g/mol. The monoisotopic (exact) mass is 302 g/mol. The maximum absolute atomic E-state index is 5.13. The smallest absolute Gasteiger partial charge is 0.118 e. The lowest BCUT2D eigenvalue weighted by molar-refractivity contribution is 0.415. The fourth-order valence-electron chi connectivity index (χ4n) is 2.17. The Hall–Kier alpha value is -2.72. The molecule has 0 atom stereocenters. The van der Waals surface area contributed by atoms with Gasteiger partial charge in [-0.2, -0.15) is 0 Å². The van der Waals surface area contributed by atoms with Crippen molar-refractivity contribution in [3.8, 4) is 17.6 Å². The van der Waals surface area contributed by atoms with Gasteiger partial charge in [0, 0.05) is 0 Å². The van der Waals surface area contributed by atoms with Crippen molar-refractivity contribution in [3.63, 3.8) is 0 Å². The van der Waals surface area contributed by atoms with Crippen molar-refractivity contribution in [2.75, 3.05) is 7.11 Å². The standard InChI is InChI=1S/C22H22O/c1-3-8-19-11-13-20(14-12-19)9-6-4-5-7-10-21-15-17-22(23-2)18-16-21/h6-7,9-18H,3,8H2,1-2H3. The van der Waals surface area contributed by atoms with E-state index in [1.54, 1.807) is 7.11 Å². The second-order valence-electron chi connectivity index (χ2n) is 5.22. The van der Waals surface area contributed by atoms with Crippen LogP contribution in [0.4, 0.5) is 0 Å². The van der Waals surface area contributed by atoms with E-state index in [9.17, 15) is 0 Å². The fraction of sp³-hybridized carbons (Fsp3) is 0.182. The first-order valence-corrected chi connectivity index (χ1v) is 7.89. The van der Waals surface area contributed by atoms with E-state index in [4.69, 9.17) is 4.74 Å². The predicted molar refractivity (Wildman–Crippen MR) is 99.3 cm³/mol. The fourth-order valence-corrected chi connectivity index (χ4v) is 2.17. The molecule has 0 aliphatic carbocycles. The van der Waals surface area contributed by atoms with Gasteiger partial charge in [-0.05, 0) is 59.5 Å². The quantitative estimate of drug-likeness (QED) is 0.674. The van der Waals surface area contributed by atoms with Crippen LogP contribution in [0.5, 0.6) is 5.75 Å². The molecule has 0 heterocycles. The number of allylic oxidation sites excluding steroid dienone is 2. The van der Waals surface area contributed by atoms with Crippen LogP contribution in [-0.4, -0.2) is 7.11 Å². The molecule has 0 spiro atoms. The normalized spacial score (nSPS) is 10.7. The highest BCUT2D eigenvalue weighted by Gasteiger charge is 1.90. The second kappa shape index (κ2) is 9.33. The molecule has 0 amide bonds. The van der Waals surface area contributed by atoms with Crippen LogP contribution in [0.15, 0.2) is 60.7 Å². The molecular formula is C22H22O. The van der Waals surface area contributed by atoms with Crippen molar-refractivity contribution in [1.29, 1.82) is 0 Å². The Morgan fingerprint density at radius 3 is 1.83 bits per heavy atom. The van der Waals surface area contributed by atoms with E-state index >= 15 is 0 Å². The first kappa shape index (κ1) is 16.6. The van der Waals surface area contributed by atoms with Gasteiger partial charge < -0.3 is 4.74 Å². The maximum atomic E-state index is 5.13. The van der Waals surface area contributed by atoms with E-state index in [0.29, 0.717) is 0 Å². The second-order valence-corrected chi connectivity index (χ2v) is 5.22. The molecule has 0 unspecified atom stereocenters. The van der Waals surface area contributed by atoms with Gasteiger partial charge >= 0.3 is 0 Å². The largest absolute Gasteiger partial charge is 0.497 e. The minimum atomic E-state index is 0.862. The van der Waals surface area contributed by atoms with Gasteiger partial charge in [-0.25, -0.2) is 0 Å². The van der Waals surface area contributed by atoms with Crippen LogP contribution < -0.4 is 4.74 Å². The molecule has 0 radical (unpaired) electrons. The molecule has 0 saturated carbocycles. The summed E-state index contributed by atoms with van der Waals surface area (Å²) in [7, 11) is 1.67. The topological polar surface area (TPSA) is 9.23 Å². The zero-order valence-electron chi connectivity index (χ0n) is 13.8. The lowest BCUT2D eigenvalue weighted by Gasteiger charge is -1.98. The summed E-state index contributed by atoms with van der Waals surface area (Å²) in [5.41, 5.74) is 3.67. The van der Waals surface area contributed by atoms with E-state index in [0.717, 1.165) is 17.7 Å². The highest BCUT2D eigenvalue weighted by atomic mass is 16.5. The van der Waals surface area contributed by atoms with E-state index in [1.807, 2.05) is 48.6 Å². The van der Waals surface area contributed by atoms with Crippen molar-refractivity contribution >= 4 is 12.2 Å². The summed E-state index contributed by atoms with van der Waals surface area (Å²) in [6.45, 7) is 2.20. The van der Waals surface area contributed by atoms with Gasteiger partial charge in [0.25, 0.3) is 0 Å². The molecule has 2 aromatic rings. The lowest BCUT2D eigenvalue weighted by Crippen LogP contribution is -1.82. The number of rotatable bonds is 5. The van der Waals surface area contributed by atoms with E-state index in [1.165, 1.54) is 17.5 Å². The molecule has 0 fully saturated rings. The van der Waals surface area contributed by atoms with Crippen LogP contribution in [0.1, 0.15) is 30.0 Å². The van der Waals surface area contributed by atoms with Gasteiger partial charge in [0.2, 0.25) is 0 Å². The summed E-state index contributed by atoms with van der Waals surface area (Å²) < 4.78 is 5.13. The molecule has 2 rings (SSSR count). The van der Waals surface area contributed by atoms with Crippen molar-refractivity contribution < 1.29 is 4.74 Å². The zero-order chi connectivity index (χ0) is 16.3. The minimum Gasteiger partial charge on any atom is -0.497 e. The average molecular weight is 302 g/mol. The molecule has 1 heteroatoms. The van der Waals surface area contributed by atoms with Crippen molar-refractivity contribution in [2.24, 2.45) is 0 Å². The van der Waals surface area contributed by atoms with E-state index in [-0.39, 0.29) is 0 Å². The number of hydrogen-bond donors (Lipinski definition) is 0. The Morgan fingerprint density at radius 1 is 0.826 bits per heavy atom. The highest BCUT2D eigenvalue weighted by molar-refractivity contribution is 5.56. The average Bonchev–Trinajstić information content (AvgIpc) is 2.60. The summed E-state index contributed by atoms with van der Waals surface area (Å²) in [4.78, 5) is 0. The molecule has 0 bridgehead atoms. The van der Waals surface area contributed by atoms with E-state index in [2.05, 4.69) is 43.0 Å². The van der Waals surface area contributed by atoms with Crippen LogP contribution >= 0.6 is 0 Å². The molecule has 1 nitrogen and oxygen atoms in total. The summed E-state index contributed by atoms with van der Waals surface area (Å²) in [5.74, 6) is 6.90. The zero-order valence-corrected chi connectivity index (χ0v) is 13.8. The predicted octanol–water partition coefficient (Wildman–Crippen LogP) is 5.38. The minimum absolute atomic E-state index is 0.862. The summed E-state index contributed by atoms with van der Waals surface area (Å²) >= 11 is 0. The Kier molecular flexibility index (Phi) is 6.75. The van der Waals surface area contributed by atoms with Gasteiger partial charge in [-0.15, -0.1) is 0 Å². The van der Waals surface area contributed by atoms with E-state index < -0.39 is 0 Å². The van der Waals surface area contributed by atoms with Crippen LogP contribution in [0.3, 0.4) is 0 Å². The Balaban J connectivity index is 1.87. The van der Waals surface area contributed by atoms with Gasteiger partial charge in [-0.3, -0.25) is 0 Å². The summed E-state index contributed by atoms with van der Waals surface area (Å²) in [6, 6.07) is 16.5. The van der Waals surface area contributed by atoms with Gasteiger partial charge in [0.05, 0.1) is 7.11 Å². The Morgan fingerprint density at radius 2 is 1.35 bits per heavy atom. The van der Waals surface area contributed by atoms with Crippen molar-refractivity contribution in [2.45, 2.75) is 19.8 Å². The number of aryl methyl sites for hydroxylation is 1. The third-order valence-electron chi connectivity index (χ3n) is 3.44. The number of ether oxygens (including phenoxy) is 1.